The summed E-state index contributed by atoms with van der Waals surface area (Å²) in [6.07, 6.45) is 0. The van der Waals surface area contributed by atoms with Crippen LogP contribution in [0.1, 0.15) is 17.2 Å². The summed E-state index contributed by atoms with van der Waals surface area (Å²) in [5.74, 6) is 0.622. The predicted octanol–water partition coefficient (Wildman–Crippen LogP) is 2.88. The lowest BCUT2D eigenvalue weighted by atomic mass is 10.0. The number of piperazine rings is 1. The summed E-state index contributed by atoms with van der Waals surface area (Å²) in [7, 11) is 0. The molecule has 126 valence electrons. The second-order valence-electron chi connectivity index (χ2n) is 5.97. The Balaban J connectivity index is 1.60. The average molecular weight is 335 g/mol. The summed E-state index contributed by atoms with van der Waals surface area (Å²) in [6.45, 7) is 2.62. The van der Waals surface area contributed by atoms with Crippen molar-refractivity contribution < 1.29 is 9.90 Å². The molecule has 2 aromatic rings. The standard InChI is InChI=1S/C18H17N5O2/c24-15-7-3-12(4-8-15)16-11-19-9-10-23(16)14-5-1-13(2-6-14)17-20-18(25)22-21-17/h1-8,16,19,24H,9-11H2. The molecule has 7 heteroatoms. The first kappa shape index (κ1) is 15.5. The second kappa shape index (κ2) is 6.45. The third-order valence-electron chi connectivity index (χ3n) is 4.41. The summed E-state index contributed by atoms with van der Waals surface area (Å²) in [4.78, 5) is 17.2. The SMILES string of the molecule is O=C1N=NC(c2ccc(N3CCNCC3c3ccc(O)cc3)cc2)=N1. The van der Waals surface area contributed by atoms with E-state index in [-0.39, 0.29) is 11.8 Å². The summed E-state index contributed by atoms with van der Waals surface area (Å²) < 4.78 is 0. The molecular weight excluding hydrogens is 318 g/mol. The van der Waals surface area contributed by atoms with E-state index in [4.69, 9.17) is 0 Å². The van der Waals surface area contributed by atoms with Crippen molar-refractivity contribution in [2.75, 3.05) is 24.5 Å². The highest BCUT2D eigenvalue weighted by Crippen LogP contribution is 2.29. The molecule has 1 atom stereocenters. The lowest BCUT2D eigenvalue weighted by Crippen LogP contribution is -2.46. The van der Waals surface area contributed by atoms with Crippen LogP contribution in [-0.4, -0.2) is 36.6 Å². The molecule has 1 saturated heterocycles. The molecule has 1 unspecified atom stereocenters. The fraction of sp³-hybridized carbons (Fsp3) is 0.222. The molecule has 2 aliphatic rings. The van der Waals surface area contributed by atoms with Gasteiger partial charge in [-0.05, 0) is 42.0 Å². The minimum atomic E-state index is -0.562. The normalized spacial score (nSPS) is 20.0. The van der Waals surface area contributed by atoms with Crippen molar-refractivity contribution in [3.8, 4) is 5.75 Å². The zero-order chi connectivity index (χ0) is 17.2. The van der Waals surface area contributed by atoms with Gasteiger partial charge in [0.2, 0.25) is 0 Å². The van der Waals surface area contributed by atoms with Crippen molar-refractivity contribution in [3.05, 3.63) is 59.7 Å². The molecule has 0 aromatic heterocycles. The highest BCUT2D eigenvalue weighted by Gasteiger charge is 2.24. The topological polar surface area (TPSA) is 89.7 Å². The van der Waals surface area contributed by atoms with Gasteiger partial charge in [0.1, 0.15) is 5.75 Å². The number of benzene rings is 2. The Morgan fingerprint density at radius 1 is 1.04 bits per heavy atom. The zero-order valence-corrected chi connectivity index (χ0v) is 13.5. The molecule has 2 aromatic carbocycles. The Labute approximate surface area is 144 Å². The second-order valence-corrected chi connectivity index (χ2v) is 5.97. The summed E-state index contributed by atoms with van der Waals surface area (Å²) >= 11 is 0. The molecule has 2 amide bonds. The third kappa shape index (κ3) is 3.14. The lowest BCUT2D eigenvalue weighted by Gasteiger charge is -2.38. The maximum absolute atomic E-state index is 11.1. The van der Waals surface area contributed by atoms with E-state index in [0.29, 0.717) is 5.84 Å². The highest BCUT2D eigenvalue weighted by molar-refractivity contribution is 6.08. The fourth-order valence-corrected chi connectivity index (χ4v) is 3.16. The molecule has 0 saturated carbocycles. The number of rotatable bonds is 3. The van der Waals surface area contributed by atoms with Crippen molar-refractivity contribution in [1.29, 1.82) is 0 Å². The quantitative estimate of drug-likeness (QED) is 0.902. The lowest BCUT2D eigenvalue weighted by molar-refractivity contribution is 0.257. The Hall–Kier alpha value is -3.06. The van der Waals surface area contributed by atoms with Crippen LogP contribution in [-0.2, 0) is 0 Å². The van der Waals surface area contributed by atoms with Gasteiger partial charge in [0, 0.05) is 30.9 Å². The molecule has 2 heterocycles. The molecule has 0 radical (unpaired) electrons. The van der Waals surface area contributed by atoms with Gasteiger partial charge in [0.05, 0.1) is 6.04 Å². The molecule has 0 spiro atoms. The number of carbonyl (C=O) groups is 1. The molecule has 0 aliphatic carbocycles. The molecule has 0 bridgehead atoms. The Morgan fingerprint density at radius 3 is 2.48 bits per heavy atom. The van der Waals surface area contributed by atoms with Gasteiger partial charge in [0.25, 0.3) is 0 Å². The van der Waals surface area contributed by atoms with Crippen LogP contribution < -0.4 is 10.2 Å². The number of azo groups is 1. The van der Waals surface area contributed by atoms with Gasteiger partial charge in [-0.2, -0.15) is 4.99 Å². The number of hydrogen-bond acceptors (Lipinski definition) is 5. The van der Waals surface area contributed by atoms with Gasteiger partial charge in [-0.15, -0.1) is 5.11 Å². The average Bonchev–Trinajstić information content (AvgIpc) is 3.09. The Morgan fingerprint density at radius 2 is 1.80 bits per heavy atom. The van der Waals surface area contributed by atoms with Gasteiger partial charge < -0.3 is 15.3 Å². The molecule has 4 rings (SSSR count). The number of urea groups is 1. The van der Waals surface area contributed by atoms with E-state index in [1.165, 1.54) is 0 Å². The highest BCUT2D eigenvalue weighted by atomic mass is 16.3. The number of hydrogen-bond donors (Lipinski definition) is 2. The van der Waals surface area contributed by atoms with Crippen LogP contribution in [0.25, 0.3) is 0 Å². The molecule has 2 aliphatic heterocycles. The molecular formula is C18H17N5O2. The number of phenolic OH excluding ortho intramolecular Hbond substituents is 1. The summed E-state index contributed by atoms with van der Waals surface area (Å²) in [5.41, 5.74) is 3.01. The largest absolute Gasteiger partial charge is 0.508 e. The monoisotopic (exact) mass is 335 g/mol. The first-order valence-corrected chi connectivity index (χ1v) is 8.12. The summed E-state index contributed by atoms with van der Waals surface area (Å²) in [6, 6.07) is 14.8. The van der Waals surface area contributed by atoms with E-state index < -0.39 is 6.03 Å². The van der Waals surface area contributed by atoms with E-state index in [1.54, 1.807) is 12.1 Å². The number of amides is 2. The first-order valence-electron chi connectivity index (χ1n) is 8.12. The number of nitrogens with zero attached hydrogens (tertiary/aromatic N) is 4. The first-order chi connectivity index (χ1) is 12.2. The number of anilines is 1. The van der Waals surface area contributed by atoms with E-state index in [2.05, 4.69) is 25.4 Å². The van der Waals surface area contributed by atoms with Gasteiger partial charge in [-0.3, -0.25) is 0 Å². The maximum Gasteiger partial charge on any atom is 0.387 e. The van der Waals surface area contributed by atoms with Crippen molar-refractivity contribution in [3.63, 3.8) is 0 Å². The van der Waals surface area contributed by atoms with Crippen LogP contribution in [0.2, 0.25) is 0 Å². The minimum absolute atomic E-state index is 0.185. The minimum Gasteiger partial charge on any atom is -0.508 e. The van der Waals surface area contributed by atoms with Crippen LogP contribution in [0, 0.1) is 0 Å². The predicted molar refractivity (Wildman–Crippen MR) is 94.3 cm³/mol. The number of nitrogens with one attached hydrogen (secondary N) is 1. The molecule has 25 heavy (non-hydrogen) atoms. The number of phenols is 1. The number of aliphatic imine (C=N–C) groups is 1. The molecule has 1 fully saturated rings. The van der Waals surface area contributed by atoms with Crippen molar-refractivity contribution in [2.45, 2.75) is 6.04 Å². The molecule has 7 nitrogen and oxygen atoms in total. The van der Waals surface area contributed by atoms with E-state index >= 15 is 0 Å². The van der Waals surface area contributed by atoms with Gasteiger partial charge in [-0.25, -0.2) is 4.79 Å². The Bertz CT molecular complexity index is 843. The van der Waals surface area contributed by atoms with Crippen molar-refractivity contribution >= 4 is 17.6 Å². The maximum atomic E-state index is 11.1. The van der Waals surface area contributed by atoms with Crippen molar-refractivity contribution in [2.24, 2.45) is 15.2 Å². The smallest absolute Gasteiger partial charge is 0.387 e. The van der Waals surface area contributed by atoms with Gasteiger partial charge >= 0.3 is 6.03 Å². The number of amidine groups is 1. The van der Waals surface area contributed by atoms with Crippen LogP contribution in [0.5, 0.6) is 5.75 Å². The van der Waals surface area contributed by atoms with Gasteiger partial charge in [-0.1, -0.05) is 17.2 Å². The number of carbonyl (C=O) groups excluding carboxylic acids is 1. The van der Waals surface area contributed by atoms with E-state index in [9.17, 15) is 9.90 Å². The molecule has 2 N–H and O–H groups in total. The van der Waals surface area contributed by atoms with Crippen molar-refractivity contribution in [1.82, 2.24) is 5.32 Å². The van der Waals surface area contributed by atoms with Gasteiger partial charge in [0.15, 0.2) is 5.84 Å². The van der Waals surface area contributed by atoms with E-state index in [0.717, 1.165) is 36.4 Å². The zero-order valence-electron chi connectivity index (χ0n) is 13.5. The summed E-state index contributed by atoms with van der Waals surface area (Å²) in [5, 5.41) is 20.1. The third-order valence-corrected chi connectivity index (χ3v) is 4.41. The van der Waals surface area contributed by atoms with Crippen LogP contribution in [0.4, 0.5) is 10.5 Å². The fourth-order valence-electron chi connectivity index (χ4n) is 3.16. The van der Waals surface area contributed by atoms with Crippen LogP contribution in [0.15, 0.2) is 63.8 Å². The number of aromatic hydroxyl groups is 1. The van der Waals surface area contributed by atoms with Crippen LogP contribution in [0.3, 0.4) is 0 Å². The van der Waals surface area contributed by atoms with E-state index in [1.807, 2.05) is 36.4 Å². The Kier molecular flexibility index (Phi) is 3.99. The van der Waals surface area contributed by atoms with Crippen LogP contribution >= 0.6 is 0 Å².